The lowest BCUT2D eigenvalue weighted by atomic mass is 10.1. The minimum Gasteiger partial charge on any atom is -0.497 e. The van der Waals surface area contributed by atoms with Crippen molar-refractivity contribution in [1.29, 1.82) is 0 Å². The summed E-state index contributed by atoms with van der Waals surface area (Å²) in [6, 6.07) is 17.8. The third kappa shape index (κ3) is 6.14. The molecule has 3 rings (SSSR count). The molecule has 0 aliphatic heterocycles. The van der Waals surface area contributed by atoms with Crippen molar-refractivity contribution in [1.82, 2.24) is 0 Å². The molecule has 0 heterocycles. The molecule has 2 N–H and O–H groups in total. The highest BCUT2D eigenvalue weighted by atomic mass is 32.2. The number of anilines is 3. The summed E-state index contributed by atoms with van der Waals surface area (Å²) in [5, 5.41) is 5.38. The Morgan fingerprint density at radius 2 is 1.44 bits per heavy atom. The highest BCUT2D eigenvalue weighted by Crippen LogP contribution is 2.27. The van der Waals surface area contributed by atoms with Gasteiger partial charge in [-0.2, -0.15) is 0 Å². The van der Waals surface area contributed by atoms with Crippen molar-refractivity contribution in [3.05, 3.63) is 77.9 Å². The van der Waals surface area contributed by atoms with E-state index in [0.29, 0.717) is 22.8 Å². The van der Waals surface area contributed by atoms with Gasteiger partial charge in [0.2, 0.25) is 11.8 Å². The van der Waals surface area contributed by atoms with Crippen molar-refractivity contribution in [3.63, 3.8) is 0 Å². The lowest BCUT2D eigenvalue weighted by molar-refractivity contribution is -0.115. The summed E-state index contributed by atoms with van der Waals surface area (Å²) in [7, 11) is -2.59. The Bertz CT molecular complexity index is 1270. The first-order valence-corrected chi connectivity index (χ1v) is 11.9. The third-order valence-electron chi connectivity index (χ3n) is 4.92. The summed E-state index contributed by atoms with van der Waals surface area (Å²) in [4.78, 5) is 24.2. The van der Waals surface area contributed by atoms with Gasteiger partial charge in [0.05, 0.1) is 17.7 Å². The number of benzene rings is 3. The van der Waals surface area contributed by atoms with Crippen LogP contribution in [0, 0.1) is 13.8 Å². The molecule has 0 atom stereocenters. The zero-order chi connectivity index (χ0) is 24.9. The summed E-state index contributed by atoms with van der Waals surface area (Å²) in [6.07, 6.45) is 0. The maximum Gasteiger partial charge on any atom is 0.264 e. The quantitative estimate of drug-likeness (QED) is 0.504. The summed E-state index contributed by atoms with van der Waals surface area (Å²) >= 11 is 0. The molecule has 2 amide bonds. The topological polar surface area (TPSA) is 105 Å². The molecule has 9 heteroatoms. The van der Waals surface area contributed by atoms with E-state index < -0.39 is 22.5 Å². The van der Waals surface area contributed by atoms with Crippen LogP contribution in [0.3, 0.4) is 0 Å². The Kier molecular flexibility index (Phi) is 7.57. The molecule has 0 spiro atoms. The second-order valence-electron chi connectivity index (χ2n) is 7.84. The van der Waals surface area contributed by atoms with E-state index in [1.54, 1.807) is 24.3 Å². The van der Waals surface area contributed by atoms with Crippen LogP contribution in [-0.2, 0) is 19.6 Å². The predicted molar refractivity (Wildman–Crippen MR) is 133 cm³/mol. The molecule has 0 saturated carbocycles. The lowest BCUT2D eigenvalue weighted by Gasteiger charge is -2.24. The van der Waals surface area contributed by atoms with Gasteiger partial charge in [-0.15, -0.1) is 0 Å². The van der Waals surface area contributed by atoms with Crippen molar-refractivity contribution >= 4 is 38.9 Å². The van der Waals surface area contributed by atoms with Gasteiger partial charge < -0.3 is 15.4 Å². The Morgan fingerprint density at radius 1 is 0.853 bits per heavy atom. The van der Waals surface area contributed by atoms with Gasteiger partial charge in [-0.1, -0.05) is 6.07 Å². The number of amides is 2. The molecular weight excluding hydrogens is 454 g/mol. The van der Waals surface area contributed by atoms with Crippen molar-refractivity contribution in [2.45, 2.75) is 25.7 Å². The molecule has 34 heavy (non-hydrogen) atoms. The summed E-state index contributed by atoms with van der Waals surface area (Å²) in [5.41, 5.74) is 3.33. The van der Waals surface area contributed by atoms with Crippen LogP contribution in [0.15, 0.2) is 71.6 Å². The molecule has 0 fully saturated rings. The van der Waals surface area contributed by atoms with Crippen molar-refractivity contribution in [2.75, 3.05) is 28.6 Å². The number of hydrogen-bond acceptors (Lipinski definition) is 5. The van der Waals surface area contributed by atoms with E-state index in [-0.39, 0.29) is 10.8 Å². The standard InChI is InChI=1S/C25H27N3O5S/c1-17-13-18(2)15-21(14-17)27-25(30)16-28(22-7-9-23(33-4)10-8-22)34(31,32)24-11-5-20(6-12-24)26-19(3)29/h5-15H,16H2,1-4H3,(H,26,29)(H,27,30). The fourth-order valence-corrected chi connectivity index (χ4v) is 4.90. The number of nitrogens with zero attached hydrogens (tertiary/aromatic N) is 1. The molecule has 0 unspecified atom stereocenters. The van der Waals surface area contributed by atoms with E-state index in [4.69, 9.17) is 4.74 Å². The van der Waals surface area contributed by atoms with E-state index in [0.717, 1.165) is 15.4 Å². The second kappa shape index (κ2) is 10.4. The van der Waals surface area contributed by atoms with Crippen LogP contribution in [0.1, 0.15) is 18.1 Å². The van der Waals surface area contributed by atoms with Crippen LogP contribution in [0.25, 0.3) is 0 Å². The minimum absolute atomic E-state index is 0.0170. The number of carbonyl (C=O) groups is 2. The first-order valence-electron chi connectivity index (χ1n) is 10.5. The molecule has 0 saturated heterocycles. The minimum atomic E-state index is -4.10. The highest BCUT2D eigenvalue weighted by Gasteiger charge is 2.27. The van der Waals surface area contributed by atoms with E-state index in [9.17, 15) is 18.0 Å². The monoisotopic (exact) mass is 481 g/mol. The van der Waals surface area contributed by atoms with Gasteiger partial charge in [-0.25, -0.2) is 8.42 Å². The molecule has 0 aliphatic rings. The van der Waals surface area contributed by atoms with Gasteiger partial charge >= 0.3 is 0 Å². The number of aryl methyl sites for hydroxylation is 2. The number of methoxy groups -OCH3 is 1. The largest absolute Gasteiger partial charge is 0.497 e. The first kappa shape index (κ1) is 24.8. The average molecular weight is 482 g/mol. The normalized spacial score (nSPS) is 10.9. The van der Waals surface area contributed by atoms with Crippen LogP contribution >= 0.6 is 0 Å². The molecule has 3 aromatic carbocycles. The Labute approximate surface area is 199 Å². The van der Waals surface area contributed by atoms with E-state index in [1.165, 1.54) is 38.3 Å². The van der Waals surface area contributed by atoms with Gasteiger partial charge in [0, 0.05) is 18.3 Å². The molecule has 0 aliphatic carbocycles. The van der Waals surface area contributed by atoms with E-state index >= 15 is 0 Å². The van der Waals surface area contributed by atoms with Crippen molar-refractivity contribution < 1.29 is 22.7 Å². The summed E-state index contributed by atoms with van der Waals surface area (Å²) in [6.45, 7) is 4.77. The van der Waals surface area contributed by atoms with E-state index in [1.807, 2.05) is 32.0 Å². The van der Waals surface area contributed by atoms with Crippen molar-refractivity contribution in [3.8, 4) is 5.75 Å². The predicted octanol–water partition coefficient (Wildman–Crippen LogP) is 4.10. The summed E-state index contributed by atoms with van der Waals surface area (Å²) < 4.78 is 33.3. The van der Waals surface area contributed by atoms with Gasteiger partial charge in [-0.05, 0) is 85.6 Å². The number of rotatable bonds is 8. The SMILES string of the molecule is COc1ccc(N(CC(=O)Nc2cc(C)cc(C)c2)S(=O)(=O)c2ccc(NC(C)=O)cc2)cc1. The highest BCUT2D eigenvalue weighted by molar-refractivity contribution is 7.92. The van der Waals surface area contributed by atoms with Crippen LogP contribution in [0.4, 0.5) is 17.1 Å². The molecule has 0 aromatic heterocycles. The Morgan fingerprint density at radius 3 is 1.97 bits per heavy atom. The maximum absolute atomic E-state index is 13.5. The zero-order valence-corrected chi connectivity index (χ0v) is 20.3. The third-order valence-corrected chi connectivity index (χ3v) is 6.70. The Balaban J connectivity index is 1.93. The fraction of sp³-hybridized carbons (Fsp3) is 0.200. The van der Waals surface area contributed by atoms with Crippen LogP contribution in [0.5, 0.6) is 5.75 Å². The number of nitrogens with one attached hydrogen (secondary N) is 2. The van der Waals surface area contributed by atoms with Gasteiger partial charge in [0.25, 0.3) is 10.0 Å². The summed E-state index contributed by atoms with van der Waals surface area (Å²) in [5.74, 6) is -0.196. The molecule has 0 radical (unpaired) electrons. The van der Waals surface area contributed by atoms with Gasteiger partial charge in [0.1, 0.15) is 12.3 Å². The van der Waals surface area contributed by atoms with Crippen LogP contribution in [0.2, 0.25) is 0 Å². The smallest absolute Gasteiger partial charge is 0.264 e. The van der Waals surface area contributed by atoms with E-state index in [2.05, 4.69) is 10.6 Å². The zero-order valence-electron chi connectivity index (χ0n) is 19.5. The molecule has 0 bridgehead atoms. The molecule has 8 nitrogen and oxygen atoms in total. The Hall–Kier alpha value is -3.85. The van der Waals surface area contributed by atoms with Crippen LogP contribution < -0.4 is 19.7 Å². The number of hydrogen-bond donors (Lipinski definition) is 2. The van der Waals surface area contributed by atoms with Crippen molar-refractivity contribution in [2.24, 2.45) is 0 Å². The van der Waals surface area contributed by atoms with Crippen LogP contribution in [-0.4, -0.2) is 33.9 Å². The molecular formula is C25H27N3O5S. The molecule has 178 valence electrons. The number of ether oxygens (including phenoxy) is 1. The maximum atomic E-state index is 13.5. The number of sulfonamides is 1. The van der Waals surface area contributed by atoms with Gasteiger partial charge in [-0.3, -0.25) is 13.9 Å². The van der Waals surface area contributed by atoms with Gasteiger partial charge in [0.15, 0.2) is 0 Å². The fourth-order valence-electron chi connectivity index (χ4n) is 3.48. The first-order chi connectivity index (χ1) is 16.1. The molecule has 3 aromatic rings. The number of carbonyl (C=O) groups excluding carboxylic acids is 2. The lowest BCUT2D eigenvalue weighted by Crippen LogP contribution is -2.38. The second-order valence-corrected chi connectivity index (χ2v) is 9.70. The average Bonchev–Trinajstić information content (AvgIpc) is 2.77.